The van der Waals surface area contributed by atoms with E-state index in [1.165, 1.54) is 0 Å². The van der Waals surface area contributed by atoms with E-state index in [4.69, 9.17) is 4.74 Å². The minimum absolute atomic E-state index is 0.163. The van der Waals surface area contributed by atoms with Gasteiger partial charge in [0.25, 0.3) is 0 Å². The molecule has 5 nitrogen and oxygen atoms in total. The summed E-state index contributed by atoms with van der Waals surface area (Å²) in [5, 5.41) is 0. The lowest BCUT2D eigenvalue weighted by Crippen LogP contribution is -2.39. The van der Waals surface area contributed by atoms with Gasteiger partial charge in [-0.2, -0.15) is 4.40 Å². The van der Waals surface area contributed by atoms with Gasteiger partial charge in [-0.3, -0.25) is 0 Å². The first kappa shape index (κ1) is 28.2. The van der Waals surface area contributed by atoms with Crippen LogP contribution in [-0.4, -0.2) is 37.8 Å². The summed E-state index contributed by atoms with van der Waals surface area (Å²) < 4.78 is 23.6. The fourth-order valence-corrected chi connectivity index (χ4v) is 4.15. The van der Waals surface area contributed by atoms with Gasteiger partial charge < -0.3 is 9.64 Å². The number of carbonyl (C=O) groups is 1. The second kappa shape index (κ2) is 12.1. The van der Waals surface area contributed by atoms with E-state index in [-0.39, 0.29) is 12.1 Å². The van der Waals surface area contributed by atoms with Gasteiger partial charge in [0.1, 0.15) is 16.6 Å². The first-order chi connectivity index (χ1) is 15.8. The molecule has 0 saturated heterocycles. The van der Waals surface area contributed by atoms with E-state index in [1.807, 2.05) is 103 Å². The molecule has 2 aromatic rings. The van der Waals surface area contributed by atoms with Gasteiger partial charge in [-0.25, -0.2) is 9.00 Å². The number of hydrogen-bond acceptors (Lipinski definition) is 3. The van der Waals surface area contributed by atoms with Crippen LogP contribution in [0.15, 0.2) is 63.5 Å². The molecule has 2 aromatic carbocycles. The van der Waals surface area contributed by atoms with Crippen molar-refractivity contribution in [2.45, 2.75) is 77.7 Å². The minimum Gasteiger partial charge on any atom is -0.444 e. The van der Waals surface area contributed by atoms with Gasteiger partial charge >= 0.3 is 6.09 Å². The van der Waals surface area contributed by atoms with E-state index in [9.17, 15) is 9.00 Å². The summed E-state index contributed by atoms with van der Waals surface area (Å²) in [6.45, 7) is 13.9. The molecule has 0 aromatic heterocycles. The van der Waals surface area contributed by atoms with Crippen LogP contribution in [0.2, 0.25) is 0 Å². The second-order valence-electron chi connectivity index (χ2n) is 10.3. The summed E-state index contributed by atoms with van der Waals surface area (Å²) in [5.74, 6) is 0. The Kier molecular flexibility index (Phi) is 10.1. The molecule has 0 bridgehead atoms. The number of hydrogen-bond donors (Lipinski definition) is 0. The highest BCUT2D eigenvalue weighted by atomic mass is 79.9. The van der Waals surface area contributed by atoms with Crippen molar-refractivity contribution < 1.29 is 13.7 Å². The lowest BCUT2D eigenvalue weighted by molar-refractivity contribution is 0.0172. The van der Waals surface area contributed by atoms with E-state index < -0.39 is 21.3 Å². The second-order valence-corrected chi connectivity index (χ2v) is 13.1. The molecule has 0 heterocycles. The van der Waals surface area contributed by atoms with Crippen LogP contribution >= 0.6 is 15.9 Å². The Morgan fingerprint density at radius 2 is 1.62 bits per heavy atom. The van der Waals surface area contributed by atoms with Crippen molar-refractivity contribution in [2.24, 2.45) is 4.40 Å². The molecule has 1 amide bonds. The molecule has 1 unspecified atom stereocenters. The SMILES string of the molecule is C[C@@H](c1ccc(Br)cc1)N(CCCC(=NS(=O)C(C)(C)C)c1ccccc1)C(=O)OC(C)(C)C. The fourth-order valence-electron chi connectivity index (χ4n) is 3.21. The number of rotatable bonds is 8. The molecule has 0 N–H and O–H groups in total. The average molecular weight is 550 g/mol. The molecule has 0 aliphatic rings. The Morgan fingerprint density at radius 1 is 1.03 bits per heavy atom. The summed E-state index contributed by atoms with van der Waals surface area (Å²) >= 11 is 3.47. The van der Waals surface area contributed by atoms with Gasteiger partial charge in [0.05, 0.1) is 16.5 Å². The van der Waals surface area contributed by atoms with Crippen LogP contribution in [0.5, 0.6) is 0 Å². The Hall–Kier alpha value is -1.99. The highest BCUT2D eigenvalue weighted by molar-refractivity contribution is 9.10. The number of nitrogens with zero attached hydrogens (tertiary/aromatic N) is 2. The van der Waals surface area contributed by atoms with Gasteiger partial charge in [-0.1, -0.05) is 58.4 Å². The Labute approximate surface area is 215 Å². The summed E-state index contributed by atoms with van der Waals surface area (Å²) in [5.41, 5.74) is 2.17. The molecule has 0 spiro atoms. The molecule has 34 heavy (non-hydrogen) atoms. The minimum atomic E-state index is -1.37. The van der Waals surface area contributed by atoms with Crippen LogP contribution in [0.25, 0.3) is 0 Å². The van der Waals surface area contributed by atoms with Gasteiger partial charge in [-0.05, 0) is 84.6 Å². The van der Waals surface area contributed by atoms with Crippen LogP contribution in [0, 0.1) is 0 Å². The quantitative estimate of drug-likeness (QED) is 0.321. The summed E-state index contributed by atoms with van der Waals surface area (Å²) in [6.07, 6.45) is 0.910. The summed E-state index contributed by atoms with van der Waals surface area (Å²) in [7, 11) is -1.37. The Bertz CT molecular complexity index is 993. The van der Waals surface area contributed by atoms with Crippen molar-refractivity contribution in [3.63, 3.8) is 0 Å². The molecule has 0 fully saturated rings. The molecule has 186 valence electrons. The van der Waals surface area contributed by atoms with Gasteiger partial charge in [0.15, 0.2) is 0 Å². The lowest BCUT2D eigenvalue weighted by atomic mass is 10.0. The number of benzene rings is 2. The van der Waals surface area contributed by atoms with E-state index >= 15 is 0 Å². The maximum atomic E-state index is 13.1. The smallest absolute Gasteiger partial charge is 0.410 e. The van der Waals surface area contributed by atoms with Gasteiger partial charge in [-0.15, -0.1) is 0 Å². The van der Waals surface area contributed by atoms with E-state index in [2.05, 4.69) is 20.3 Å². The monoisotopic (exact) mass is 548 g/mol. The zero-order chi connectivity index (χ0) is 25.5. The number of carbonyl (C=O) groups excluding carboxylic acids is 1. The van der Waals surface area contributed by atoms with Crippen molar-refractivity contribution in [1.82, 2.24) is 4.90 Å². The van der Waals surface area contributed by atoms with Crippen LogP contribution in [0.4, 0.5) is 4.79 Å². The number of amides is 1. The largest absolute Gasteiger partial charge is 0.444 e. The molecule has 0 aliphatic heterocycles. The van der Waals surface area contributed by atoms with Crippen molar-refractivity contribution in [2.75, 3.05) is 6.54 Å². The zero-order valence-corrected chi connectivity index (χ0v) is 23.7. The third-order valence-electron chi connectivity index (χ3n) is 5.08. The third-order valence-corrected chi connectivity index (χ3v) is 7.05. The lowest BCUT2D eigenvalue weighted by Gasteiger charge is -2.32. The third kappa shape index (κ3) is 8.99. The van der Waals surface area contributed by atoms with Crippen molar-refractivity contribution in [3.8, 4) is 0 Å². The normalized spacial score (nSPS) is 14.4. The highest BCUT2D eigenvalue weighted by Gasteiger charge is 2.27. The van der Waals surface area contributed by atoms with E-state index in [1.54, 1.807) is 4.90 Å². The van der Waals surface area contributed by atoms with Crippen LogP contribution in [0.3, 0.4) is 0 Å². The zero-order valence-electron chi connectivity index (χ0n) is 21.3. The molecule has 0 aliphatic carbocycles. The molecular weight excluding hydrogens is 512 g/mol. The van der Waals surface area contributed by atoms with Crippen molar-refractivity contribution >= 4 is 38.7 Å². The molecule has 2 atom stereocenters. The molecule has 7 heteroatoms. The predicted molar refractivity (Wildman–Crippen MR) is 146 cm³/mol. The Balaban J connectivity index is 2.25. The Morgan fingerprint density at radius 3 is 2.15 bits per heavy atom. The van der Waals surface area contributed by atoms with Crippen LogP contribution in [-0.2, 0) is 15.7 Å². The first-order valence-electron chi connectivity index (χ1n) is 11.6. The predicted octanol–water partition coefficient (Wildman–Crippen LogP) is 7.48. The average Bonchev–Trinajstić information content (AvgIpc) is 2.74. The van der Waals surface area contributed by atoms with Gasteiger partial charge in [0, 0.05) is 11.0 Å². The molecular formula is C27H37BrN2O3S. The summed E-state index contributed by atoms with van der Waals surface area (Å²) in [4.78, 5) is 14.9. The molecule has 0 radical (unpaired) electrons. The standard InChI is InChI=1S/C27H37BrN2O3S/c1-20(21-15-17-23(28)18-16-21)30(25(31)33-26(2,3)4)19-11-14-24(22-12-9-8-10-13-22)29-34(32)27(5,6)7/h8-10,12-13,15-18,20H,11,14,19H2,1-7H3/t20-,34?/m0/s1. The van der Waals surface area contributed by atoms with Crippen molar-refractivity contribution in [1.29, 1.82) is 0 Å². The maximum Gasteiger partial charge on any atom is 0.410 e. The first-order valence-corrected chi connectivity index (χ1v) is 13.5. The topological polar surface area (TPSA) is 59.0 Å². The highest BCUT2D eigenvalue weighted by Crippen LogP contribution is 2.25. The fraction of sp³-hybridized carbons (Fsp3) is 0.481. The summed E-state index contributed by atoms with van der Waals surface area (Å²) in [6, 6.07) is 17.6. The van der Waals surface area contributed by atoms with E-state index in [0.717, 1.165) is 21.3 Å². The van der Waals surface area contributed by atoms with Crippen LogP contribution in [0.1, 0.15) is 78.5 Å². The number of ether oxygens (including phenoxy) is 1. The van der Waals surface area contributed by atoms with E-state index in [0.29, 0.717) is 19.4 Å². The van der Waals surface area contributed by atoms with Crippen LogP contribution < -0.4 is 0 Å². The van der Waals surface area contributed by atoms with Crippen molar-refractivity contribution in [3.05, 3.63) is 70.2 Å². The van der Waals surface area contributed by atoms with Gasteiger partial charge in [0.2, 0.25) is 0 Å². The number of halogens is 1. The molecule has 0 saturated carbocycles. The molecule has 2 rings (SSSR count). The maximum absolute atomic E-state index is 13.1.